The molecule has 0 amide bonds. The van der Waals surface area contributed by atoms with Gasteiger partial charge in [-0.15, -0.1) is 0 Å². The molecular formula is C50H84N2O16. The van der Waals surface area contributed by atoms with E-state index in [1.165, 1.54) is 14.0 Å². The molecule has 2 N–H and O–H groups in total. The maximum atomic E-state index is 13.5. The first kappa shape index (κ1) is 57.7. The Bertz CT molecular complexity index is 1660. The average Bonchev–Trinajstić information content (AvgIpc) is 3.21. The number of allylic oxidation sites excluding steroid dienone is 2. The number of likely N-dealkylation sites (N-methyl/N-ethyl adjacent to an activating group) is 2. The summed E-state index contributed by atoms with van der Waals surface area (Å²) in [5.74, 6) is -2.62. The number of carbonyl (C=O) groups is 4. The van der Waals surface area contributed by atoms with Gasteiger partial charge in [-0.25, -0.2) is 0 Å². The number of methoxy groups -OCH3 is 1. The molecule has 4 aliphatic rings. The highest BCUT2D eigenvalue weighted by molar-refractivity contribution is 5.72. The highest BCUT2D eigenvalue weighted by Gasteiger charge is 2.53. The Balaban J connectivity index is 1.69. The van der Waals surface area contributed by atoms with Crippen molar-refractivity contribution in [2.24, 2.45) is 17.8 Å². The van der Waals surface area contributed by atoms with E-state index in [-0.39, 0.29) is 43.2 Å². The maximum Gasteiger partial charge on any atom is 0.309 e. The summed E-state index contributed by atoms with van der Waals surface area (Å²) < 4.78 is 62.7. The van der Waals surface area contributed by atoms with E-state index in [1.807, 2.05) is 66.1 Å². The van der Waals surface area contributed by atoms with Crippen LogP contribution in [0, 0.1) is 17.8 Å². The van der Waals surface area contributed by atoms with Crippen LogP contribution < -0.4 is 0 Å². The lowest BCUT2D eigenvalue weighted by atomic mass is 9.82. The molecule has 19 atom stereocenters. The third-order valence-corrected chi connectivity index (χ3v) is 13.5. The number of nitrogens with zero attached hydrogens (tertiary/aromatic N) is 2. The van der Waals surface area contributed by atoms with E-state index in [0.29, 0.717) is 19.3 Å². The zero-order chi connectivity index (χ0) is 50.6. The number of aldehydes is 1. The van der Waals surface area contributed by atoms with Crippen molar-refractivity contribution in [3.8, 4) is 0 Å². The molecule has 4 aliphatic heterocycles. The number of aliphatic hydroxyl groups is 2. The van der Waals surface area contributed by atoms with Crippen LogP contribution in [0.1, 0.15) is 114 Å². The van der Waals surface area contributed by atoms with Gasteiger partial charge in [-0.1, -0.05) is 45.1 Å². The number of aliphatic hydroxyl groups excluding tert-OH is 1. The fourth-order valence-electron chi connectivity index (χ4n) is 10.1. The van der Waals surface area contributed by atoms with Crippen molar-refractivity contribution in [1.29, 1.82) is 0 Å². The van der Waals surface area contributed by atoms with Crippen LogP contribution in [-0.2, 0) is 66.5 Å². The fourth-order valence-corrected chi connectivity index (χ4v) is 10.1. The van der Waals surface area contributed by atoms with Gasteiger partial charge in [0.2, 0.25) is 0 Å². The van der Waals surface area contributed by atoms with Gasteiger partial charge in [-0.3, -0.25) is 14.4 Å². The Morgan fingerprint density at radius 3 is 2.18 bits per heavy atom. The van der Waals surface area contributed by atoms with Crippen molar-refractivity contribution in [2.45, 2.75) is 217 Å². The third kappa shape index (κ3) is 16.3. The smallest absolute Gasteiger partial charge is 0.309 e. The molecule has 0 aromatic rings. The van der Waals surface area contributed by atoms with Crippen molar-refractivity contribution in [3.63, 3.8) is 0 Å². The predicted molar refractivity (Wildman–Crippen MR) is 250 cm³/mol. The average molecular weight is 969 g/mol. The monoisotopic (exact) mass is 969 g/mol. The van der Waals surface area contributed by atoms with E-state index < -0.39 is 122 Å². The fraction of sp³-hybridized carbons (Fsp3) is 0.840. The van der Waals surface area contributed by atoms with Crippen LogP contribution in [0.2, 0.25) is 0 Å². The molecule has 4 heterocycles. The highest BCUT2D eigenvalue weighted by atomic mass is 16.7. The molecule has 0 saturated carbocycles. The number of carbonyl (C=O) groups excluding carboxylic acids is 4. The van der Waals surface area contributed by atoms with Crippen LogP contribution in [0.4, 0.5) is 0 Å². The van der Waals surface area contributed by atoms with Gasteiger partial charge in [-0.05, 0) is 99.8 Å². The molecule has 4 rings (SSSR count). The zero-order valence-electron chi connectivity index (χ0n) is 43.0. The number of cyclic esters (lactones) is 1. The van der Waals surface area contributed by atoms with E-state index in [1.54, 1.807) is 46.7 Å². The van der Waals surface area contributed by atoms with Crippen LogP contribution >= 0.6 is 0 Å². The number of hydrogen-bond acceptors (Lipinski definition) is 18. The van der Waals surface area contributed by atoms with Gasteiger partial charge in [0.15, 0.2) is 25.0 Å². The van der Waals surface area contributed by atoms with Gasteiger partial charge in [0, 0.05) is 45.8 Å². The molecule has 390 valence electrons. The minimum Gasteiger partial charge on any atom is -0.462 e. The molecule has 0 aliphatic carbocycles. The van der Waals surface area contributed by atoms with E-state index in [2.05, 4.69) is 4.90 Å². The normalized spacial score (nSPS) is 40.2. The molecule has 0 aromatic heterocycles. The van der Waals surface area contributed by atoms with Gasteiger partial charge in [-0.2, -0.15) is 0 Å². The van der Waals surface area contributed by atoms with Gasteiger partial charge in [0.05, 0.1) is 43.0 Å². The minimum absolute atomic E-state index is 0.0447. The second-order valence-electron chi connectivity index (χ2n) is 20.5. The molecule has 19 unspecified atom stereocenters. The number of esters is 3. The van der Waals surface area contributed by atoms with Gasteiger partial charge in [0.1, 0.15) is 42.4 Å². The lowest BCUT2D eigenvalue weighted by Crippen LogP contribution is -2.66. The minimum atomic E-state index is -1.51. The molecule has 18 heteroatoms. The number of hydrogen-bond donors (Lipinski definition) is 2. The summed E-state index contributed by atoms with van der Waals surface area (Å²) in [4.78, 5) is 55.5. The van der Waals surface area contributed by atoms with Crippen molar-refractivity contribution in [1.82, 2.24) is 9.80 Å². The molecule has 0 radical (unpaired) electrons. The molecule has 0 aromatic carbocycles. The Morgan fingerprint density at radius 2 is 1.59 bits per heavy atom. The largest absolute Gasteiger partial charge is 0.462 e. The first-order valence-corrected chi connectivity index (χ1v) is 24.5. The van der Waals surface area contributed by atoms with Crippen molar-refractivity contribution in [2.75, 3.05) is 35.3 Å². The summed E-state index contributed by atoms with van der Waals surface area (Å²) in [5.41, 5.74) is -1.51. The first-order valence-electron chi connectivity index (χ1n) is 24.5. The summed E-state index contributed by atoms with van der Waals surface area (Å²) in [6, 6.07) is -0.550. The second kappa shape index (κ2) is 26.5. The summed E-state index contributed by atoms with van der Waals surface area (Å²) in [6.07, 6.45) is -1.77. The predicted octanol–water partition coefficient (Wildman–Crippen LogP) is 4.49. The molecule has 3 saturated heterocycles. The molecule has 0 bridgehead atoms. The van der Waals surface area contributed by atoms with Crippen molar-refractivity contribution >= 4 is 24.2 Å². The summed E-state index contributed by atoms with van der Waals surface area (Å²) in [7, 11) is 9.01. The maximum absolute atomic E-state index is 13.5. The summed E-state index contributed by atoms with van der Waals surface area (Å²) in [6.45, 7) is 15.9. The van der Waals surface area contributed by atoms with Crippen molar-refractivity contribution < 1.29 is 76.8 Å². The Labute approximate surface area is 404 Å². The number of rotatable bonds is 15. The van der Waals surface area contributed by atoms with Crippen LogP contribution in [-0.4, -0.2) is 183 Å². The summed E-state index contributed by atoms with van der Waals surface area (Å²) >= 11 is 0. The van der Waals surface area contributed by atoms with E-state index in [4.69, 9.17) is 47.4 Å². The zero-order valence-corrected chi connectivity index (χ0v) is 43.0. The van der Waals surface area contributed by atoms with Crippen molar-refractivity contribution in [3.05, 3.63) is 24.3 Å². The lowest BCUT2D eigenvalue weighted by Gasteiger charge is -2.50. The Morgan fingerprint density at radius 1 is 0.897 bits per heavy atom. The topological polar surface area (TPSA) is 208 Å². The molecule has 18 nitrogen and oxygen atoms in total. The third-order valence-electron chi connectivity index (χ3n) is 13.5. The number of ether oxygens (including phenoxy) is 10. The Hall–Kier alpha value is -2.88. The summed E-state index contributed by atoms with van der Waals surface area (Å²) in [5, 5.41) is 23.9. The van der Waals surface area contributed by atoms with Crippen LogP contribution in [0.15, 0.2) is 24.3 Å². The van der Waals surface area contributed by atoms with E-state index in [9.17, 15) is 29.4 Å². The highest BCUT2D eigenvalue weighted by Crippen LogP contribution is 2.38. The Kier molecular flexibility index (Phi) is 22.5. The second-order valence-corrected chi connectivity index (χ2v) is 20.5. The quantitative estimate of drug-likeness (QED) is 0.132. The van der Waals surface area contributed by atoms with Gasteiger partial charge in [0.25, 0.3) is 0 Å². The van der Waals surface area contributed by atoms with Crippen LogP contribution in [0.3, 0.4) is 0 Å². The van der Waals surface area contributed by atoms with E-state index >= 15 is 0 Å². The first-order chi connectivity index (χ1) is 31.9. The van der Waals surface area contributed by atoms with Gasteiger partial charge >= 0.3 is 17.9 Å². The SMILES string of the molecule is COC1C(OC(C)=O)CC(=O)OC(C)CC=CC=CC(OC2CCC(N(C)C)C(C)O2)C(C)CC(CC=O)C1OC1OC(C)C(OC2CC(C)(O)C(OC(=O)CC(C)C)C(C)O2)C(N(C)C)C1O. The lowest BCUT2D eigenvalue weighted by molar-refractivity contribution is -0.344. The molecule has 68 heavy (non-hydrogen) atoms. The van der Waals surface area contributed by atoms with Crippen LogP contribution in [0.5, 0.6) is 0 Å². The standard InChI is InChI=1S/C50H84N2O16/c1-28(2)24-39(55)66-48-33(7)62-42(27-50(48,9)58)67-45-32(6)63-49(44(57)43(45)52(12)13)68-46-35(22-23-53)25-29(3)37(65-41-21-20-36(51(10)11)31(5)61-41)19-17-15-16-18-30(4)60-40(56)26-38(47(46)59-14)64-34(8)54/h15-17,19,23,28-33,35-38,41-49,57-58H,18,20-22,24-27H2,1-14H3. The van der Waals surface area contributed by atoms with E-state index in [0.717, 1.165) is 12.7 Å². The molecular weight excluding hydrogens is 885 g/mol. The molecule has 3 fully saturated rings. The van der Waals surface area contributed by atoms with Gasteiger partial charge < -0.3 is 72.2 Å². The molecule has 0 spiro atoms. The van der Waals surface area contributed by atoms with Crippen LogP contribution in [0.25, 0.3) is 0 Å².